The number of benzene rings is 1. The maximum atomic E-state index is 11.8. The van der Waals surface area contributed by atoms with Crippen molar-refractivity contribution in [3.05, 3.63) is 29.8 Å². The first kappa shape index (κ1) is 15.2. The summed E-state index contributed by atoms with van der Waals surface area (Å²) < 4.78 is 4.45. The lowest BCUT2D eigenvalue weighted by Crippen LogP contribution is -2.30. The van der Waals surface area contributed by atoms with E-state index in [2.05, 4.69) is 20.7 Å². The Morgan fingerprint density at radius 1 is 1.29 bits per heavy atom. The first-order valence-electron chi connectivity index (χ1n) is 6.61. The molecular weight excluding hydrogens is 290 g/mol. The first-order chi connectivity index (χ1) is 10.1. The van der Waals surface area contributed by atoms with E-state index in [0.29, 0.717) is 16.7 Å². The average molecular weight is 307 g/mol. The number of carbonyl (C=O) groups excluding carboxylic acids is 2. The molecule has 1 amide bonds. The third-order valence-corrected chi connectivity index (χ3v) is 3.16. The van der Waals surface area contributed by atoms with Crippen molar-refractivity contribution in [2.75, 3.05) is 19.0 Å². The number of nitrogens with one attached hydrogen (secondary N) is 3. The van der Waals surface area contributed by atoms with Gasteiger partial charge in [0.25, 0.3) is 5.91 Å². The van der Waals surface area contributed by atoms with E-state index < -0.39 is 5.97 Å². The molecule has 0 aliphatic heterocycles. The van der Waals surface area contributed by atoms with Gasteiger partial charge in [-0.3, -0.25) is 9.59 Å². The molecule has 1 aliphatic carbocycles. The first-order valence-corrected chi connectivity index (χ1v) is 7.02. The standard InChI is InChI=1S/C14H17N3O3S/c1-20-12(18)8-15-13(19)9-2-4-10(5-3-9)16-14(21)17-11-6-7-11/h2-5,11H,6-8H2,1H3,(H,15,19)(H2,16,17,21). The lowest BCUT2D eigenvalue weighted by atomic mass is 10.2. The second kappa shape index (κ2) is 7.03. The van der Waals surface area contributed by atoms with Crippen LogP contribution in [0.25, 0.3) is 0 Å². The van der Waals surface area contributed by atoms with E-state index in [1.54, 1.807) is 24.3 Å². The van der Waals surface area contributed by atoms with Crippen molar-refractivity contribution in [2.45, 2.75) is 18.9 Å². The van der Waals surface area contributed by atoms with Gasteiger partial charge in [-0.05, 0) is 49.3 Å². The van der Waals surface area contributed by atoms with Crippen LogP contribution in [-0.4, -0.2) is 36.7 Å². The number of hydrogen-bond acceptors (Lipinski definition) is 4. The molecule has 6 nitrogen and oxygen atoms in total. The molecule has 0 heterocycles. The van der Waals surface area contributed by atoms with E-state index >= 15 is 0 Å². The van der Waals surface area contributed by atoms with Crippen molar-refractivity contribution in [3.63, 3.8) is 0 Å². The van der Waals surface area contributed by atoms with E-state index in [-0.39, 0.29) is 12.5 Å². The molecule has 0 radical (unpaired) electrons. The van der Waals surface area contributed by atoms with Crippen LogP contribution in [0.15, 0.2) is 24.3 Å². The molecule has 1 aromatic carbocycles. The third-order valence-electron chi connectivity index (χ3n) is 2.94. The minimum absolute atomic E-state index is 0.148. The summed E-state index contributed by atoms with van der Waals surface area (Å²) in [6.07, 6.45) is 2.31. The summed E-state index contributed by atoms with van der Waals surface area (Å²) in [5, 5.41) is 9.28. The zero-order chi connectivity index (χ0) is 15.2. The molecule has 112 valence electrons. The summed E-state index contributed by atoms with van der Waals surface area (Å²) in [6.45, 7) is -0.148. The van der Waals surface area contributed by atoms with Gasteiger partial charge in [-0.15, -0.1) is 0 Å². The Balaban J connectivity index is 1.84. The number of anilines is 1. The van der Waals surface area contributed by atoms with Crippen molar-refractivity contribution in [3.8, 4) is 0 Å². The van der Waals surface area contributed by atoms with E-state index in [4.69, 9.17) is 12.2 Å². The summed E-state index contributed by atoms with van der Waals surface area (Å²) in [4.78, 5) is 22.7. The Morgan fingerprint density at radius 3 is 2.52 bits per heavy atom. The molecule has 0 bridgehead atoms. The van der Waals surface area contributed by atoms with Gasteiger partial charge in [0, 0.05) is 17.3 Å². The summed E-state index contributed by atoms with van der Waals surface area (Å²) in [6, 6.07) is 7.33. The van der Waals surface area contributed by atoms with Crippen LogP contribution in [-0.2, 0) is 9.53 Å². The van der Waals surface area contributed by atoms with Crippen molar-refractivity contribution in [1.82, 2.24) is 10.6 Å². The SMILES string of the molecule is COC(=O)CNC(=O)c1ccc(NC(=S)NC2CC2)cc1. The van der Waals surface area contributed by atoms with Crippen LogP contribution in [0.4, 0.5) is 5.69 Å². The molecule has 0 atom stereocenters. The molecule has 0 spiro atoms. The van der Waals surface area contributed by atoms with Crippen molar-refractivity contribution >= 4 is 34.9 Å². The van der Waals surface area contributed by atoms with E-state index in [1.807, 2.05) is 0 Å². The minimum atomic E-state index is -0.488. The predicted molar refractivity (Wildman–Crippen MR) is 83.2 cm³/mol. The smallest absolute Gasteiger partial charge is 0.325 e. The zero-order valence-electron chi connectivity index (χ0n) is 11.6. The highest BCUT2D eigenvalue weighted by Gasteiger charge is 2.21. The van der Waals surface area contributed by atoms with Gasteiger partial charge in [-0.2, -0.15) is 0 Å². The van der Waals surface area contributed by atoms with Gasteiger partial charge in [-0.25, -0.2) is 0 Å². The van der Waals surface area contributed by atoms with Crippen LogP contribution < -0.4 is 16.0 Å². The van der Waals surface area contributed by atoms with Gasteiger partial charge >= 0.3 is 5.97 Å². The Labute approximate surface area is 128 Å². The van der Waals surface area contributed by atoms with Gasteiger partial charge in [-0.1, -0.05) is 0 Å². The molecule has 2 rings (SSSR count). The number of thiocarbonyl (C=S) groups is 1. The highest BCUT2D eigenvalue weighted by molar-refractivity contribution is 7.80. The molecule has 21 heavy (non-hydrogen) atoms. The maximum absolute atomic E-state index is 11.8. The Bertz CT molecular complexity index is 541. The number of ether oxygens (including phenoxy) is 1. The maximum Gasteiger partial charge on any atom is 0.325 e. The number of hydrogen-bond donors (Lipinski definition) is 3. The second-order valence-electron chi connectivity index (χ2n) is 4.71. The zero-order valence-corrected chi connectivity index (χ0v) is 12.5. The third kappa shape index (κ3) is 5.03. The van der Waals surface area contributed by atoms with Crippen LogP contribution >= 0.6 is 12.2 Å². The van der Waals surface area contributed by atoms with Gasteiger partial charge in [0.1, 0.15) is 6.54 Å². The van der Waals surface area contributed by atoms with Gasteiger partial charge in [0.2, 0.25) is 0 Å². The van der Waals surface area contributed by atoms with Gasteiger partial charge < -0.3 is 20.7 Å². The number of methoxy groups -OCH3 is 1. The quantitative estimate of drug-likeness (QED) is 0.557. The highest BCUT2D eigenvalue weighted by Crippen LogP contribution is 2.19. The van der Waals surface area contributed by atoms with Crippen LogP contribution in [0.2, 0.25) is 0 Å². The van der Waals surface area contributed by atoms with Crippen LogP contribution in [0.3, 0.4) is 0 Å². The predicted octanol–water partition coefficient (Wildman–Crippen LogP) is 1.04. The normalized spacial score (nSPS) is 13.2. The van der Waals surface area contributed by atoms with Gasteiger partial charge in [0.15, 0.2) is 5.11 Å². The fourth-order valence-corrected chi connectivity index (χ4v) is 1.90. The van der Waals surface area contributed by atoms with E-state index in [9.17, 15) is 9.59 Å². The molecule has 1 fully saturated rings. The summed E-state index contributed by atoms with van der Waals surface area (Å²) in [5.74, 6) is -0.816. The largest absolute Gasteiger partial charge is 0.468 e. The molecule has 7 heteroatoms. The van der Waals surface area contributed by atoms with Gasteiger partial charge in [0.05, 0.1) is 7.11 Å². The fourth-order valence-electron chi connectivity index (χ4n) is 1.61. The number of esters is 1. The van der Waals surface area contributed by atoms with Crippen molar-refractivity contribution in [1.29, 1.82) is 0 Å². The molecule has 1 aromatic rings. The molecule has 1 aliphatic rings. The highest BCUT2D eigenvalue weighted by atomic mass is 32.1. The molecule has 3 N–H and O–H groups in total. The summed E-state index contributed by atoms with van der Waals surface area (Å²) >= 11 is 5.17. The van der Waals surface area contributed by atoms with Crippen molar-refractivity contribution < 1.29 is 14.3 Å². The number of rotatable bonds is 5. The number of carbonyl (C=O) groups is 2. The Kier molecular flexibility index (Phi) is 5.10. The molecule has 0 aromatic heterocycles. The van der Waals surface area contributed by atoms with E-state index in [0.717, 1.165) is 18.5 Å². The average Bonchev–Trinajstić information content (AvgIpc) is 3.28. The van der Waals surface area contributed by atoms with Crippen molar-refractivity contribution in [2.24, 2.45) is 0 Å². The lowest BCUT2D eigenvalue weighted by Gasteiger charge is -2.10. The van der Waals surface area contributed by atoms with E-state index in [1.165, 1.54) is 7.11 Å². The summed E-state index contributed by atoms with van der Waals surface area (Å²) in [7, 11) is 1.27. The topological polar surface area (TPSA) is 79.5 Å². The Hall–Kier alpha value is -2.15. The van der Waals surface area contributed by atoms with Crippen LogP contribution in [0, 0.1) is 0 Å². The summed E-state index contributed by atoms with van der Waals surface area (Å²) in [5.41, 5.74) is 1.27. The minimum Gasteiger partial charge on any atom is -0.468 e. The molecule has 0 unspecified atom stereocenters. The molecular formula is C14H17N3O3S. The molecule has 0 saturated heterocycles. The lowest BCUT2D eigenvalue weighted by molar-refractivity contribution is -0.139. The van der Waals surface area contributed by atoms with Crippen LogP contribution in [0.1, 0.15) is 23.2 Å². The monoisotopic (exact) mass is 307 g/mol. The fraction of sp³-hybridized carbons (Fsp3) is 0.357. The molecule has 1 saturated carbocycles. The Morgan fingerprint density at radius 2 is 1.95 bits per heavy atom. The van der Waals surface area contributed by atoms with Crippen LogP contribution in [0.5, 0.6) is 0 Å². The second-order valence-corrected chi connectivity index (χ2v) is 5.12. The number of amides is 1.